The number of methoxy groups -OCH3 is 1. The van der Waals surface area contributed by atoms with Crippen molar-refractivity contribution in [2.24, 2.45) is 0 Å². The highest BCUT2D eigenvalue weighted by molar-refractivity contribution is 5.89. The molecule has 3 aromatic rings. The van der Waals surface area contributed by atoms with E-state index < -0.39 is 5.60 Å². The summed E-state index contributed by atoms with van der Waals surface area (Å²) in [5.41, 5.74) is 3.71. The van der Waals surface area contributed by atoms with E-state index in [1.807, 2.05) is 50.2 Å². The lowest BCUT2D eigenvalue weighted by Crippen LogP contribution is -2.28. The zero-order chi connectivity index (χ0) is 23.8. The summed E-state index contributed by atoms with van der Waals surface area (Å²) >= 11 is 0. The lowest BCUT2D eigenvalue weighted by Gasteiger charge is -2.31. The van der Waals surface area contributed by atoms with Crippen molar-refractivity contribution in [3.8, 4) is 17.6 Å². The van der Waals surface area contributed by atoms with E-state index in [0.29, 0.717) is 17.7 Å². The van der Waals surface area contributed by atoms with Gasteiger partial charge in [0.25, 0.3) is 0 Å². The van der Waals surface area contributed by atoms with Crippen LogP contribution in [-0.2, 0) is 19.8 Å². The molecule has 0 aliphatic heterocycles. The van der Waals surface area contributed by atoms with Crippen LogP contribution in [0, 0.1) is 18.8 Å². The first kappa shape index (κ1) is 24.1. The van der Waals surface area contributed by atoms with Gasteiger partial charge in [-0.15, -0.1) is 0 Å². The number of hydrogen-bond donors (Lipinski definition) is 1. The van der Waals surface area contributed by atoms with Crippen LogP contribution in [0.25, 0.3) is 0 Å². The molecule has 33 heavy (non-hydrogen) atoms. The third kappa shape index (κ3) is 5.81. The Kier molecular flexibility index (Phi) is 7.89. The molecular weight excluding hydrogens is 416 g/mol. The van der Waals surface area contributed by atoms with Crippen LogP contribution in [-0.4, -0.2) is 31.6 Å². The third-order valence-electron chi connectivity index (χ3n) is 5.32. The second-order valence-corrected chi connectivity index (χ2v) is 7.73. The zero-order valence-corrected chi connectivity index (χ0v) is 19.3. The molecule has 1 unspecified atom stereocenters. The van der Waals surface area contributed by atoms with Crippen molar-refractivity contribution in [3.63, 3.8) is 0 Å². The standard InChI is InChI=1S/C28H28O5/c1-5-32-27(30)23-13-9-21(10-14-23)7-8-22-11-15-24(16-12-22)28(3,33-19-31-4)25-17-6-20(2)18-26(25)29/h6,9-18,29H,5,19H2,1-4H3. The second-order valence-electron chi connectivity index (χ2n) is 7.73. The van der Waals surface area contributed by atoms with Gasteiger partial charge in [-0.05, 0) is 74.4 Å². The van der Waals surface area contributed by atoms with Crippen LogP contribution in [0.3, 0.4) is 0 Å². The van der Waals surface area contributed by atoms with Crippen molar-refractivity contribution in [1.82, 2.24) is 0 Å². The number of carbonyl (C=O) groups is 1. The van der Waals surface area contributed by atoms with Crippen LogP contribution >= 0.6 is 0 Å². The minimum absolute atomic E-state index is 0.0766. The molecule has 5 nitrogen and oxygen atoms in total. The SMILES string of the molecule is CCOC(=O)c1ccc(C#Cc2ccc(C(C)(OCOC)c3ccc(C)cc3O)cc2)cc1. The van der Waals surface area contributed by atoms with Crippen molar-refractivity contribution in [1.29, 1.82) is 0 Å². The summed E-state index contributed by atoms with van der Waals surface area (Å²) in [6, 6.07) is 20.2. The molecule has 0 spiro atoms. The highest BCUT2D eigenvalue weighted by Gasteiger charge is 2.32. The van der Waals surface area contributed by atoms with Gasteiger partial charge in [-0.3, -0.25) is 0 Å². The number of aromatic hydroxyl groups is 1. The molecule has 0 heterocycles. The maximum atomic E-state index is 11.8. The van der Waals surface area contributed by atoms with Crippen LogP contribution in [0.5, 0.6) is 5.75 Å². The van der Waals surface area contributed by atoms with Crippen molar-refractivity contribution in [3.05, 3.63) is 100 Å². The highest BCUT2D eigenvalue weighted by atomic mass is 16.7. The molecule has 0 saturated heterocycles. The van der Waals surface area contributed by atoms with Crippen molar-refractivity contribution < 1.29 is 24.1 Å². The third-order valence-corrected chi connectivity index (χ3v) is 5.32. The molecule has 5 heteroatoms. The van der Waals surface area contributed by atoms with E-state index in [2.05, 4.69) is 11.8 Å². The molecule has 3 rings (SSSR count). The fourth-order valence-corrected chi connectivity index (χ4v) is 3.46. The van der Waals surface area contributed by atoms with E-state index in [4.69, 9.17) is 14.2 Å². The van der Waals surface area contributed by atoms with E-state index in [0.717, 1.165) is 22.3 Å². The number of benzene rings is 3. The molecule has 0 fully saturated rings. The monoisotopic (exact) mass is 444 g/mol. The van der Waals surface area contributed by atoms with E-state index in [1.165, 1.54) is 0 Å². The number of esters is 1. The summed E-state index contributed by atoms with van der Waals surface area (Å²) in [5.74, 6) is 6.07. The molecule has 1 atom stereocenters. The highest BCUT2D eigenvalue weighted by Crippen LogP contribution is 2.38. The van der Waals surface area contributed by atoms with Gasteiger partial charge in [-0.2, -0.15) is 0 Å². The Balaban J connectivity index is 1.84. The molecule has 3 aromatic carbocycles. The number of rotatable bonds is 7. The maximum absolute atomic E-state index is 11.8. The summed E-state index contributed by atoms with van der Waals surface area (Å²) in [5, 5.41) is 10.6. The zero-order valence-electron chi connectivity index (χ0n) is 19.3. The van der Waals surface area contributed by atoms with Crippen molar-refractivity contribution in [2.45, 2.75) is 26.4 Å². The van der Waals surface area contributed by atoms with Gasteiger partial charge < -0.3 is 19.3 Å². The Labute approximate surface area is 194 Å². The van der Waals surface area contributed by atoms with E-state index in [1.54, 1.807) is 44.4 Å². The molecule has 170 valence electrons. The molecule has 0 aromatic heterocycles. The first-order valence-corrected chi connectivity index (χ1v) is 10.7. The number of ether oxygens (including phenoxy) is 3. The number of phenolic OH excluding ortho intramolecular Hbond substituents is 1. The normalized spacial score (nSPS) is 12.4. The molecule has 0 radical (unpaired) electrons. The maximum Gasteiger partial charge on any atom is 0.338 e. The van der Waals surface area contributed by atoms with Crippen LogP contribution in [0.15, 0.2) is 66.7 Å². The molecule has 0 saturated carbocycles. The largest absolute Gasteiger partial charge is 0.508 e. The predicted octanol–water partition coefficient (Wildman–Crippen LogP) is 5.16. The molecule has 0 aliphatic carbocycles. The van der Waals surface area contributed by atoms with Gasteiger partial charge in [0.2, 0.25) is 0 Å². The minimum Gasteiger partial charge on any atom is -0.508 e. The number of carbonyl (C=O) groups excluding carboxylic acids is 1. The number of aryl methyl sites for hydroxylation is 1. The minimum atomic E-state index is -0.900. The van der Waals surface area contributed by atoms with Gasteiger partial charge in [-0.25, -0.2) is 4.79 Å². The fourth-order valence-electron chi connectivity index (χ4n) is 3.46. The van der Waals surface area contributed by atoms with E-state index in [9.17, 15) is 9.90 Å². The Morgan fingerprint density at radius 1 is 0.970 bits per heavy atom. The smallest absolute Gasteiger partial charge is 0.338 e. The van der Waals surface area contributed by atoms with Gasteiger partial charge in [0.1, 0.15) is 18.1 Å². The average Bonchev–Trinajstić information content (AvgIpc) is 2.82. The first-order chi connectivity index (χ1) is 15.9. The van der Waals surface area contributed by atoms with Gasteiger partial charge in [-0.1, -0.05) is 36.1 Å². The summed E-state index contributed by atoms with van der Waals surface area (Å²) in [6.45, 7) is 6.03. The molecule has 0 bridgehead atoms. The van der Waals surface area contributed by atoms with Gasteiger partial charge in [0.05, 0.1) is 12.2 Å². The Hall–Kier alpha value is -3.59. The first-order valence-electron chi connectivity index (χ1n) is 10.7. The quantitative estimate of drug-likeness (QED) is 0.310. The van der Waals surface area contributed by atoms with Gasteiger partial charge >= 0.3 is 5.97 Å². The average molecular weight is 445 g/mol. The molecule has 0 amide bonds. The van der Waals surface area contributed by atoms with Gasteiger partial charge in [0.15, 0.2) is 0 Å². The summed E-state index contributed by atoms with van der Waals surface area (Å²) in [6.07, 6.45) is 0. The van der Waals surface area contributed by atoms with Crippen LogP contribution in [0.4, 0.5) is 0 Å². The summed E-state index contributed by atoms with van der Waals surface area (Å²) in [4.78, 5) is 11.8. The van der Waals surface area contributed by atoms with E-state index >= 15 is 0 Å². The van der Waals surface area contributed by atoms with Crippen LogP contribution in [0.2, 0.25) is 0 Å². The molecule has 1 N–H and O–H groups in total. The predicted molar refractivity (Wildman–Crippen MR) is 127 cm³/mol. The Morgan fingerprint density at radius 2 is 1.58 bits per heavy atom. The number of phenols is 1. The van der Waals surface area contributed by atoms with Crippen molar-refractivity contribution in [2.75, 3.05) is 20.5 Å². The lowest BCUT2D eigenvalue weighted by atomic mass is 9.86. The summed E-state index contributed by atoms with van der Waals surface area (Å²) < 4.78 is 16.2. The number of hydrogen-bond acceptors (Lipinski definition) is 5. The Bertz CT molecular complexity index is 1150. The fraction of sp³-hybridized carbons (Fsp3) is 0.250. The summed E-state index contributed by atoms with van der Waals surface area (Å²) in [7, 11) is 1.56. The van der Waals surface area contributed by atoms with Crippen LogP contribution < -0.4 is 0 Å². The second kappa shape index (κ2) is 10.8. The topological polar surface area (TPSA) is 65.0 Å². The Morgan fingerprint density at radius 3 is 2.12 bits per heavy atom. The van der Waals surface area contributed by atoms with E-state index in [-0.39, 0.29) is 18.5 Å². The van der Waals surface area contributed by atoms with Crippen LogP contribution in [0.1, 0.15) is 52.0 Å². The van der Waals surface area contributed by atoms with Crippen molar-refractivity contribution >= 4 is 5.97 Å². The van der Waals surface area contributed by atoms with Gasteiger partial charge in [0, 0.05) is 23.8 Å². The molecular formula is C28H28O5. The lowest BCUT2D eigenvalue weighted by molar-refractivity contribution is -0.108. The molecule has 0 aliphatic rings.